The fraction of sp³-hybridized carbons (Fsp3) is 0.800. The third kappa shape index (κ3) is 1.92. The first-order chi connectivity index (χ1) is 6.39. The van der Waals surface area contributed by atoms with Gasteiger partial charge in [0.15, 0.2) is 0 Å². The minimum atomic E-state index is -4.54. The van der Waals surface area contributed by atoms with Crippen molar-refractivity contribution < 1.29 is 50.8 Å². The molecule has 0 unspecified atom stereocenters. The molecule has 90 valence electrons. The summed E-state index contributed by atoms with van der Waals surface area (Å²) in [4.78, 5) is 10.1. The average molecular weight is 230 g/mol. The first kappa shape index (κ1) is 14.2. The smallest absolute Gasteiger partial charge is 0.370 e. The highest BCUT2D eigenvalue weighted by Gasteiger charge is 2.68. The van der Waals surface area contributed by atoms with Crippen LogP contribution in [-0.2, 0) is 4.79 Å². The van der Waals surface area contributed by atoms with E-state index in [1.165, 1.54) is 0 Å². The van der Waals surface area contributed by atoms with Gasteiger partial charge in [-0.25, -0.2) is 4.79 Å². The molecule has 0 rings (SSSR count). The lowest BCUT2D eigenvalue weighted by Crippen LogP contribution is -2.74. The van der Waals surface area contributed by atoms with E-state index in [2.05, 4.69) is 0 Å². The van der Waals surface area contributed by atoms with E-state index in [-0.39, 0.29) is 0 Å². The van der Waals surface area contributed by atoms with Crippen LogP contribution in [0.3, 0.4) is 0 Å². The molecule has 0 aliphatic heterocycles. The molecule has 0 aromatic carbocycles. The second kappa shape index (κ2) is 3.62. The quantitative estimate of drug-likeness (QED) is 0.210. The molecule has 0 aromatic heterocycles. The Hall–Kier alpha value is -0.850. The molecule has 9 N–H and O–H groups in total. The lowest BCUT2D eigenvalue weighted by molar-refractivity contribution is -0.472. The summed E-state index contributed by atoms with van der Waals surface area (Å²) >= 11 is 0. The number of aliphatic hydroxyl groups excluding tert-OH is 1. The van der Waals surface area contributed by atoms with Crippen LogP contribution in [0.5, 0.6) is 0 Å². The maximum Gasteiger partial charge on any atom is 0.370 e. The number of hydrogen-bond donors (Lipinski definition) is 9. The van der Waals surface area contributed by atoms with Crippen molar-refractivity contribution in [1.29, 1.82) is 0 Å². The number of rotatable bonds is 4. The maximum atomic E-state index is 10.1. The number of carboxylic acids is 1. The summed E-state index contributed by atoms with van der Waals surface area (Å²) in [5.74, 6) is -15.9. The Morgan fingerprint density at radius 1 is 0.933 bits per heavy atom. The minimum absolute atomic E-state index is 2.65. The molecule has 0 radical (unpaired) electrons. The van der Waals surface area contributed by atoms with E-state index in [9.17, 15) is 4.79 Å². The molecule has 0 spiro atoms. The van der Waals surface area contributed by atoms with Gasteiger partial charge in [-0.1, -0.05) is 0 Å². The van der Waals surface area contributed by atoms with Crippen LogP contribution in [0, 0.1) is 0 Å². The summed E-state index contributed by atoms with van der Waals surface area (Å²) in [5, 5.41) is 76.8. The number of hydrogen-bond acceptors (Lipinski definition) is 9. The highest BCUT2D eigenvalue weighted by Crippen LogP contribution is 2.29. The molecule has 15 heavy (non-hydrogen) atoms. The average Bonchev–Trinajstić information content (AvgIpc) is 2.02. The van der Waals surface area contributed by atoms with E-state index in [0.717, 1.165) is 0 Å². The van der Waals surface area contributed by atoms with Gasteiger partial charge in [-0.05, 0) is 0 Å². The number of aliphatic hydroxyl groups is 8. The Bertz CT molecular complexity index is 253. The molecule has 0 saturated carbocycles. The normalized spacial score (nSPS) is 14.5. The van der Waals surface area contributed by atoms with E-state index in [0.29, 0.717) is 0 Å². The van der Waals surface area contributed by atoms with Crippen LogP contribution in [0.4, 0.5) is 0 Å². The minimum Gasteiger partial charge on any atom is -0.477 e. The summed E-state index contributed by atoms with van der Waals surface area (Å²) in [7, 11) is 0. The molecule has 10 nitrogen and oxygen atoms in total. The van der Waals surface area contributed by atoms with Crippen molar-refractivity contribution in [1.82, 2.24) is 0 Å². The summed E-state index contributed by atoms with van der Waals surface area (Å²) in [6.45, 7) is 0. The SMILES string of the molecule is O=C(O)C(O)(O)C(O)(O)C(O)(O)C(O)O. The van der Waals surface area contributed by atoms with Crippen LogP contribution in [0.2, 0.25) is 0 Å². The fourth-order valence-corrected chi connectivity index (χ4v) is 0.586. The molecular formula is C5H10O10. The fourth-order valence-electron chi connectivity index (χ4n) is 0.586. The van der Waals surface area contributed by atoms with Crippen molar-refractivity contribution in [2.75, 3.05) is 0 Å². The molecule has 0 aliphatic rings. The van der Waals surface area contributed by atoms with Crippen molar-refractivity contribution in [3.63, 3.8) is 0 Å². The van der Waals surface area contributed by atoms with Gasteiger partial charge in [-0.2, -0.15) is 0 Å². The van der Waals surface area contributed by atoms with E-state index in [4.69, 9.17) is 46.0 Å². The van der Waals surface area contributed by atoms with Gasteiger partial charge in [0.05, 0.1) is 0 Å². The Kier molecular flexibility index (Phi) is 3.42. The molecule has 10 heteroatoms. The molecule has 0 amide bonds. The zero-order valence-corrected chi connectivity index (χ0v) is 7.01. The van der Waals surface area contributed by atoms with Crippen LogP contribution < -0.4 is 0 Å². The molecule has 0 bridgehead atoms. The molecule has 0 heterocycles. The predicted molar refractivity (Wildman–Crippen MR) is 37.4 cm³/mol. The molecule has 0 aliphatic carbocycles. The molecule has 0 saturated heterocycles. The lowest BCUT2D eigenvalue weighted by atomic mass is 9.96. The van der Waals surface area contributed by atoms with Gasteiger partial charge in [0.2, 0.25) is 6.29 Å². The van der Waals surface area contributed by atoms with Crippen molar-refractivity contribution >= 4 is 5.97 Å². The van der Waals surface area contributed by atoms with Gasteiger partial charge in [-0.3, -0.25) is 0 Å². The van der Waals surface area contributed by atoms with Gasteiger partial charge in [0, 0.05) is 0 Å². The van der Waals surface area contributed by atoms with E-state index in [1.807, 2.05) is 0 Å². The van der Waals surface area contributed by atoms with Crippen molar-refractivity contribution in [3.8, 4) is 0 Å². The van der Waals surface area contributed by atoms with Gasteiger partial charge >= 0.3 is 11.8 Å². The van der Waals surface area contributed by atoms with Crippen molar-refractivity contribution in [2.24, 2.45) is 0 Å². The van der Waals surface area contributed by atoms with Crippen LogP contribution in [0.25, 0.3) is 0 Å². The summed E-state index contributed by atoms with van der Waals surface area (Å²) in [6, 6.07) is 0. The molecule has 0 atom stereocenters. The monoisotopic (exact) mass is 230 g/mol. The third-order valence-corrected chi connectivity index (χ3v) is 1.66. The Morgan fingerprint density at radius 2 is 1.27 bits per heavy atom. The summed E-state index contributed by atoms with van der Waals surface area (Å²) in [6.07, 6.45) is -3.26. The number of aliphatic carboxylic acids is 1. The van der Waals surface area contributed by atoms with Gasteiger partial charge in [0.1, 0.15) is 0 Å². The van der Waals surface area contributed by atoms with Crippen molar-refractivity contribution in [2.45, 2.75) is 23.7 Å². The van der Waals surface area contributed by atoms with Crippen LogP contribution in [0.1, 0.15) is 0 Å². The lowest BCUT2D eigenvalue weighted by Gasteiger charge is -2.40. The standard InChI is InChI=1S/C5H10O10/c6-1(7)3(10,11)5(14,15)4(12,13)2(8)9/h1,6-7,10-15H,(H,8,9). The predicted octanol–water partition coefficient (Wildman–Crippen LogP) is -5.58. The highest BCUT2D eigenvalue weighted by atomic mass is 16.7. The third-order valence-electron chi connectivity index (χ3n) is 1.66. The van der Waals surface area contributed by atoms with Gasteiger partial charge in [-0.15, -0.1) is 0 Å². The summed E-state index contributed by atoms with van der Waals surface area (Å²) < 4.78 is 0. The second-order valence-corrected chi connectivity index (χ2v) is 2.75. The Balaban J connectivity index is 5.40. The Morgan fingerprint density at radius 3 is 1.47 bits per heavy atom. The summed E-state index contributed by atoms with van der Waals surface area (Å²) in [5.41, 5.74) is 0. The zero-order chi connectivity index (χ0) is 12.7. The van der Waals surface area contributed by atoms with Crippen LogP contribution >= 0.6 is 0 Å². The van der Waals surface area contributed by atoms with Crippen molar-refractivity contribution in [3.05, 3.63) is 0 Å². The first-order valence-electron chi connectivity index (χ1n) is 3.32. The topological polar surface area (TPSA) is 199 Å². The van der Waals surface area contributed by atoms with Crippen LogP contribution in [0.15, 0.2) is 0 Å². The Labute approximate surface area is 81.5 Å². The first-order valence-corrected chi connectivity index (χ1v) is 3.32. The van der Waals surface area contributed by atoms with E-state index < -0.39 is 29.6 Å². The largest absolute Gasteiger partial charge is 0.477 e. The zero-order valence-electron chi connectivity index (χ0n) is 7.01. The van der Waals surface area contributed by atoms with Gasteiger partial charge in [0.25, 0.3) is 11.6 Å². The molecular weight excluding hydrogens is 220 g/mol. The number of carbonyl (C=O) groups is 1. The van der Waals surface area contributed by atoms with E-state index in [1.54, 1.807) is 0 Å². The number of carboxylic acid groups (broad SMARTS) is 1. The molecule has 0 fully saturated rings. The second-order valence-electron chi connectivity index (χ2n) is 2.75. The van der Waals surface area contributed by atoms with Crippen LogP contribution in [-0.4, -0.2) is 75.6 Å². The maximum absolute atomic E-state index is 10.1. The molecule has 0 aromatic rings. The van der Waals surface area contributed by atoms with Gasteiger partial charge < -0.3 is 46.0 Å². The van der Waals surface area contributed by atoms with E-state index >= 15 is 0 Å². The highest BCUT2D eigenvalue weighted by molar-refractivity contribution is 5.76.